The molecule has 0 aliphatic carbocycles. The monoisotopic (exact) mass is 286 g/mol. The molecular formula is C13H15ClO3S. The number of ether oxygens (including phenoxy) is 1. The molecule has 0 aliphatic heterocycles. The lowest BCUT2D eigenvalue weighted by Crippen LogP contribution is -2.00. The summed E-state index contributed by atoms with van der Waals surface area (Å²) in [6.07, 6.45) is 1.21. The number of Topliss-reactive ketones (excluding diaryl/α,β-unsaturated/α-hetero) is 1. The van der Waals surface area contributed by atoms with Gasteiger partial charge in [0.05, 0.1) is 13.0 Å². The maximum absolute atomic E-state index is 11.3. The van der Waals surface area contributed by atoms with Gasteiger partial charge in [0.1, 0.15) is 0 Å². The van der Waals surface area contributed by atoms with Gasteiger partial charge in [-0.05, 0) is 24.3 Å². The standard InChI is InChI=1S/C13H15ClO3S/c1-17-13(16)3-2-8-18-11-6-4-10(5-7-11)12(15)9-14/h4-7H,2-3,8-9H2,1H3. The zero-order valence-corrected chi connectivity index (χ0v) is 11.7. The van der Waals surface area contributed by atoms with Crippen LogP contribution in [0, 0.1) is 0 Å². The van der Waals surface area contributed by atoms with Crippen molar-refractivity contribution in [2.45, 2.75) is 17.7 Å². The number of rotatable bonds is 7. The van der Waals surface area contributed by atoms with E-state index in [1.165, 1.54) is 7.11 Å². The summed E-state index contributed by atoms with van der Waals surface area (Å²) in [6, 6.07) is 7.33. The lowest BCUT2D eigenvalue weighted by Gasteiger charge is -2.02. The summed E-state index contributed by atoms with van der Waals surface area (Å²) >= 11 is 7.12. The highest BCUT2D eigenvalue weighted by Gasteiger charge is 2.04. The van der Waals surface area contributed by atoms with Crippen molar-refractivity contribution in [3.05, 3.63) is 29.8 Å². The Kier molecular flexibility index (Phi) is 6.83. The lowest BCUT2D eigenvalue weighted by atomic mass is 10.1. The molecule has 0 heterocycles. The van der Waals surface area contributed by atoms with Crippen molar-refractivity contribution in [2.75, 3.05) is 18.7 Å². The highest BCUT2D eigenvalue weighted by atomic mass is 35.5. The van der Waals surface area contributed by atoms with E-state index in [-0.39, 0.29) is 17.6 Å². The van der Waals surface area contributed by atoms with Gasteiger partial charge < -0.3 is 4.74 Å². The van der Waals surface area contributed by atoms with E-state index in [2.05, 4.69) is 4.74 Å². The maximum atomic E-state index is 11.3. The van der Waals surface area contributed by atoms with Crippen LogP contribution in [0.25, 0.3) is 0 Å². The molecule has 0 saturated heterocycles. The average molecular weight is 287 g/mol. The third-order valence-corrected chi connectivity index (χ3v) is 3.66. The number of carbonyl (C=O) groups excluding carboxylic acids is 2. The molecule has 0 bridgehead atoms. The summed E-state index contributed by atoms with van der Waals surface area (Å²) in [5.74, 6) is 0.598. The molecule has 0 unspecified atom stereocenters. The molecule has 0 spiro atoms. The van der Waals surface area contributed by atoms with E-state index in [4.69, 9.17) is 11.6 Å². The smallest absolute Gasteiger partial charge is 0.305 e. The molecule has 1 aromatic carbocycles. The second kappa shape index (κ2) is 8.16. The van der Waals surface area contributed by atoms with Crippen LogP contribution in [0.1, 0.15) is 23.2 Å². The second-order valence-corrected chi connectivity index (χ2v) is 5.04. The molecular weight excluding hydrogens is 272 g/mol. The van der Waals surface area contributed by atoms with Crippen LogP contribution in [0.4, 0.5) is 0 Å². The van der Waals surface area contributed by atoms with Gasteiger partial charge in [0.25, 0.3) is 0 Å². The first-order valence-electron chi connectivity index (χ1n) is 5.56. The molecule has 1 aromatic rings. The van der Waals surface area contributed by atoms with Gasteiger partial charge in [0.2, 0.25) is 0 Å². The van der Waals surface area contributed by atoms with Crippen molar-refractivity contribution < 1.29 is 14.3 Å². The van der Waals surface area contributed by atoms with Gasteiger partial charge >= 0.3 is 5.97 Å². The van der Waals surface area contributed by atoms with Crippen LogP contribution in [0.15, 0.2) is 29.2 Å². The molecule has 18 heavy (non-hydrogen) atoms. The number of alkyl halides is 1. The Morgan fingerprint density at radius 2 is 1.94 bits per heavy atom. The topological polar surface area (TPSA) is 43.4 Å². The highest BCUT2D eigenvalue weighted by molar-refractivity contribution is 7.99. The van der Waals surface area contributed by atoms with Gasteiger partial charge in [0, 0.05) is 16.9 Å². The molecule has 0 aliphatic rings. The Hall–Kier alpha value is -1.00. The molecule has 1 rings (SSSR count). The number of methoxy groups -OCH3 is 1. The van der Waals surface area contributed by atoms with Crippen LogP contribution in [0.2, 0.25) is 0 Å². The molecule has 98 valence electrons. The van der Waals surface area contributed by atoms with Gasteiger partial charge in [-0.15, -0.1) is 23.4 Å². The minimum atomic E-state index is -0.182. The van der Waals surface area contributed by atoms with E-state index in [9.17, 15) is 9.59 Å². The van der Waals surface area contributed by atoms with Crippen LogP contribution in [0.5, 0.6) is 0 Å². The van der Waals surface area contributed by atoms with Crippen LogP contribution in [0.3, 0.4) is 0 Å². The fourth-order valence-corrected chi connectivity index (χ4v) is 2.33. The lowest BCUT2D eigenvalue weighted by molar-refractivity contribution is -0.140. The van der Waals surface area contributed by atoms with Crippen molar-refractivity contribution in [1.82, 2.24) is 0 Å². The van der Waals surface area contributed by atoms with Crippen molar-refractivity contribution in [3.63, 3.8) is 0 Å². The maximum Gasteiger partial charge on any atom is 0.305 e. The molecule has 0 atom stereocenters. The quantitative estimate of drug-likeness (QED) is 0.254. The second-order valence-electron chi connectivity index (χ2n) is 3.61. The molecule has 0 N–H and O–H groups in total. The van der Waals surface area contributed by atoms with Gasteiger partial charge in [-0.1, -0.05) is 12.1 Å². The predicted molar refractivity (Wildman–Crippen MR) is 73.5 cm³/mol. The number of thioether (sulfide) groups is 1. The van der Waals surface area contributed by atoms with E-state index in [1.54, 1.807) is 23.9 Å². The molecule has 5 heteroatoms. The SMILES string of the molecule is COC(=O)CCCSc1ccc(C(=O)CCl)cc1. The Morgan fingerprint density at radius 3 is 2.50 bits per heavy atom. The first-order valence-corrected chi connectivity index (χ1v) is 7.08. The molecule has 3 nitrogen and oxygen atoms in total. The summed E-state index contributed by atoms with van der Waals surface area (Å²) < 4.78 is 4.56. The molecule has 0 radical (unpaired) electrons. The number of hydrogen-bond donors (Lipinski definition) is 0. The van der Waals surface area contributed by atoms with Crippen molar-refractivity contribution in [2.24, 2.45) is 0 Å². The van der Waals surface area contributed by atoms with Gasteiger partial charge in [0.15, 0.2) is 5.78 Å². The van der Waals surface area contributed by atoms with Crippen molar-refractivity contribution in [1.29, 1.82) is 0 Å². The van der Waals surface area contributed by atoms with E-state index in [0.717, 1.165) is 17.1 Å². The van der Waals surface area contributed by atoms with Gasteiger partial charge in [-0.25, -0.2) is 0 Å². The van der Waals surface area contributed by atoms with Crippen LogP contribution >= 0.6 is 23.4 Å². The third-order valence-electron chi connectivity index (χ3n) is 2.32. The number of ketones is 1. The van der Waals surface area contributed by atoms with E-state index >= 15 is 0 Å². The average Bonchev–Trinajstić information content (AvgIpc) is 2.43. The van der Waals surface area contributed by atoms with Gasteiger partial charge in [-0.2, -0.15) is 0 Å². The number of benzene rings is 1. The van der Waals surface area contributed by atoms with Crippen molar-refractivity contribution >= 4 is 35.1 Å². The first-order chi connectivity index (χ1) is 8.67. The molecule has 0 saturated carbocycles. The van der Waals surface area contributed by atoms with E-state index in [0.29, 0.717) is 12.0 Å². The number of halogens is 1. The molecule has 0 aromatic heterocycles. The minimum Gasteiger partial charge on any atom is -0.469 e. The molecule has 0 amide bonds. The first kappa shape index (κ1) is 15.1. The summed E-state index contributed by atoms with van der Waals surface area (Å²) in [4.78, 5) is 23.3. The Morgan fingerprint density at radius 1 is 1.28 bits per heavy atom. The number of hydrogen-bond acceptors (Lipinski definition) is 4. The predicted octanol–water partition coefficient (Wildman–Crippen LogP) is 3.15. The van der Waals surface area contributed by atoms with Crippen LogP contribution in [-0.4, -0.2) is 30.5 Å². The molecule has 0 fully saturated rings. The highest BCUT2D eigenvalue weighted by Crippen LogP contribution is 2.20. The summed E-state index contributed by atoms with van der Waals surface area (Å²) in [5, 5.41) is 0. The normalized spacial score (nSPS) is 10.1. The van der Waals surface area contributed by atoms with Crippen LogP contribution in [-0.2, 0) is 9.53 Å². The Labute approximate surface area is 116 Å². The summed E-state index contributed by atoms with van der Waals surface area (Å²) in [5.41, 5.74) is 0.629. The van der Waals surface area contributed by atoms with Crippen LogP contribution < -0.4 is 0 Å². The summed E-state index contributed by atoms with van der Waals surface area (Å²) in [7, 11) is 1.39. The zero-order chi connectivity index (χ0) is 13.4. The zero-order valence-electron chi connectivity index (χ0n) is 10.1. The van der Waals surface area contributed by atoms with E-state index < -0.39 is 0 Å². The fourth-order valence-electron chi connectivity index (χ4n) is 1.32. The number of carbonyl (C=O) groups is 2. The Balaban J connectivity index is 2.35. The minimum absolute atomic E-state index is 0.00557. The Bertz CT molecular complexity index is 403. The summed E-state index contributed by atoms with van der Waals surface area (Å²) in [6.45, 7) is 0. The van der Waals surface area contributed by atoms with Crippen molar-refractivity contribution in [3.8, 4) is 0 Å². The largest absolute Gasteiger partial charge is 0.469 e. The fraction of sp³-hybridized carbons (Fsp3) is 0.385. The van der Waals surface area contributed by atoms with E-state index in [1.807, 2.05) is 12.1 Å². The number of esters is 1. The third kappa shape index (κ3) is 5.10. The van der Waals surface area contributed by atoms with Gasteiger partial charge in [-0.3, -0.25) is 9.59 Å².